The zero-order valence-corrected chi connectivity index (χ0v) is 9.97. The highest BCUT2D eigenvalue weighted by molar-refractivity contribution is 5.13. The van der Waals surface area contributed by atoms with E-state index in [0.717, 1.165) is 13.1 Å². The largest absolute Gasteiger partial charge is 0.313 e. The Morgan fingerprint density at radius 2 is 2.07 bits per heavy atom. The summed E-state index contributed by atoms with van der Waals surface area (Å²) in [5.74, 6) is 0. The van der Waals surface area contributed by atoms with E-state index < -0.39 is 0 Å². The second-order valence-electron chi connectivity index (χ2n) is 4.11. The van der Waals surface area contributed by atoms with E-state index in [1.807, 2.05) is 6.20 Å². The topological polar surface area (TPSA) is 40.7 Å². The van der Waals surface area contributed by atoms with Crippen molar-refractivity contribution in [2.75, 3.05) is 6.54 Å². The van der Waals surface area contributed by atoms with Gasteiger partial charge < -0.3 is 5.32 Å². The van der Waals surface area contributed by atoms with Crippen LogP contribution in [-0.4, -0.2) is 16.7 Å². The molecule has 0 saturated carbocycles. The number of aromatic nitrogens is 2. The van der Waals surface area contributed by atoms with Gasteiger partial charge >= 0.3 is 0 Å². The van der Waals surface area contributed by atoms with E-state index in [2.05, 4.69) is 29.4 Å². The Kier molecular flexibility index (Phi) is 6.09. The van der Waals surface area contributed by atoms with Crippen molar-refractivity contribution in [1.29, 1.82) is 0 Å². The Morgan fingerprint density at radius 3 is 2.73 bits per heavy atom. The van der Waals surface area contributed by atoms with Crippen LogP contribution in [-0.2, 0) is 6.54 Å². The molecule has 0 fully saturated rings. The van der Waals surface area contributed by atoms with E-state index in [9.17, 15) is 0 Å². The average Bonchev–Trinajstić information content (AvgIpc) is 2.63. The van der Waals surface area contributed by atoms with E-state index in [-0.39, 0.29) is 0 Å². The maximum atomic E-state index is 4.00. The van der Waals surface area contributed by atoms with E-state index in [4.69, 9.17) is 0 Å². The third-order valence-corrected chi connectivity index (χ3v) is 2.71. The van der Waals surface area contributed by atoms with Gasteiger partial charge in [-0.1, -0.05) is 32.6 Å². The first-order valence-electron chi connectivity index (χ1n) is 6.04. The summed E-state index contributed by atoms with van der Waals surface area (Å²) in [6.45, 7) is 6.37. The molecule has 0 amide bonds. The van der Waals surface area contributed by atoms with Crippen molar-refractivity contribution in [3.63, 3.8) is 0 Å². The fourth-order valence-electron chi connectivity index (χ4n) is 1.63. The highest BCUT2D eigenvalue weighted by Crippen LogP contribution is 2.03. The smallest absolute Gasteiger partial charge is 0.0535 e. The molecule has 0 aromatic carbocycles. The molecule has 0 bridgehead atoms. The van der Waals surface area contributed by atoms with Crippen LogP contribution in [0.25, 0.3) is 0 Å². The lowest BCUT2D eigenvalue weighted by molar-refractivity contribution is 0.583. The number of hydrogen-bond acceptors (Lipinski definition) is 2. The van der Waals surface area contributed by atoms with E-state index in [1.54, 1.807) is 0 Å². The molecule has 0 aliphatic carbocycles. The average molecular weight is 209 g/mol. The van der Waals surface area contributed by atoms with Crippen molar-refractivity contribution in [3.8, 4) is 0 Å². The molecule has 0 aliphatic rings. The van der Waals surface area contributed by atoms with Crippen LogP contribution in [0.4, 0.5) is 0 Å². The first-order chi connectivity index (χ1) is 7.34. The summed E-state index contributed by atoms with van der Waals surface area (Å²) in [5, 5.41) is 10.4. The summed E-state index contributed by atoms with van der Waals surface area (Å²) < 4.78 is 0. The molecule has 0 spiro atoms. The first kappa shape index (κ1) is 12.2. The SMILES string of the molecule is CCCCCCCNCc1cn[nH]c1C. The van der Waals surface area contributed by atoms with Crippen molar-refractivity contribution in [3.05, 3.63) is 17.5 Å². The van der Waals surface area contributed by atoms with Crippen LogP contribution in [0.3, 0.4) is 0 Å². The Bertz CT molecular complexity index is 255. The van der Waals surface area contributed by atoms with Gasteiger partial charge in [0.25, 0.3) is 0 Å². The van der Waals surface area contributed by atoms with Gasteiger partial charge in [-0.2, -0.15) is 5.10 Å². The molecular formula is C12H23N3. The molecule has 3 nitrogen and oxygen atoms in total. The molecule has 1 aromatic heterocycles. The van der Waals surface area contributed by atoms with Gasteiger partial charge in [0.1, 0.15) is 0 Å². The number of H-pyrrole nitrogens is 1. The fourth-order valence-corrected chi connectivity index (χ4v) is 1.63. The predicted octanol–water partition coefficient (Wildman–Crippen LogP) is 2.78. The molecule has 3 heteroatoms. The molecule has 86 valence electrons. The molecule has 0 atom stereocenters. The Morgan fingerprint density at radius 1 is 1.27 bits per heavy atom. The Labute approximate surface area is 92.7 Å². The molecular weight excluding hydrogens is 186 g/mol. The normalized spacial score (nSPS) is 10.8. The lowest BCUT2D eigenvalue weighted by atomic mass is 10.1. The number of aryl methyl sites for hydroxylation is 1. The molecule has 0 unspecified atom stereocenters. The number of rotatable bonds is 8. The third-order valence-electron chi connectivity index (χ3n) is 2.71. The fraction of sp³-hybridized carbons (Fsp3) is 0.750. The molecule has 0 aliphatic heterocycles. The van der Waals surface area contributed by atoms with E-state index >= 15 is 0 Å². The van der Waals surface area contributed by atoms with Gasteiger partial charge in [-0.15, -0.1) is 0 Å². The Balaban J connectivity index is 1.96. The molecule has 0 saturated heterocycles. The van der Waals surface area contributed by atoms with Crippen LogP contribution in [0.1, 0.15) is 50.3 Å². The molecule has 1 heterocycles. The van der Waals surface area contributed by atoms with Crippen molar-refractivity contribution < 1.29 is 0 Å². The summed E-state index contributed by atoms with van der Waals surface area (Å²) in [6.07, 6.45) is 8.62. The van der Waals surface area contributed by atoms with Crippen LogP contribution in [0, 0.1) is 6.92 Å². The Hall–Kier alpha value is -0.830. The van der Waals surface area contributed by atoms with Gasteiger partial charge in [0.15, 0.2) is 0 Å². The van der Waals surface area contributed by atoms with Gasteiger partial charge in [0.2, 0.25) is 0 Å². The molecule has 15 heavy (non-hydrogen) atoms. The number of nitrogens with one attached hydrogen (secondary N) is 2. The lowest BCUT2D eigenvalue weighted by Gasteiger charge is -2.03. The number of unbranched alkanes of at least 4 members (excludes halogenated alkanes) is 4. The summed E-state index contributed by atoms with van der Waals surface area (Å²) in [5.41, 5.74) is 2.46. The minimum atomic E-state index is 0.941. The predicted molar refractivity (Wildman–Crippen MR) is 63.8 cm³/mol. The standard InChI is InChI=1S/C12H23N3/c1-3-4-5-6-7-8-13-9-12-10-14-15-11(12)2/h10,13H,3-9H2,1-2H3,(H,14,15). The van der Waals surface area contributed by atoms with Crippen LogP contribution >= 0.6 is 0 Å². The third kappa shape index (κ3) is 4.98. The van der Waals surface area contributed by atoms with Crippen molar-refractivity contribution >= 4 is 0 Å². The van der Waals surface area contributed by atoms with E-state index in [1.165, 1.54) is 43.4 Å². The minimum absolute atomic E-state index is 0.941. The summed E-state index contributed by atoms with van der Waals surface area (Å²) >= 11 is 0. The molecule has 1 aromatic rings. The van der Waals surface area contributed by atoms with Crippen LogP contribution in [0.15, 0.2) is 6.20 Å². The number of hydrogen-bond donors (Lipinski definition) is 2. The molecule has 1 rings (SSSR count). The highest BCUT2D eigenvalue weighted by Gasteiger charge is 1.98. The van der Waals surface area contributed by atoms with Crippen molar-refractivity contribution in [2.24, 2.45) is 0 Å². The van der Waals surface area contributed by atoms with Crippen LogP contribution in [0.2, 0.25) is 0 Å². The minimum Gasteiger partial charge on any atom is -0.313 e. The monoisotopic (exact) mass is 209 g/mol. The van der Waals surface area contributed by atoms with Gasteiger partial charge in [-0.25, -0.2) is 0 Å². The van der Waals surface area contributed by atoms with Gasteiger partial charge in [0, 0.05) is 17.8 Å². The van der Waals surface area contributed by atoms with Crippen molar-refractivity contribution in [1.82, 2.24) is 15.5 Å². The number of aromatic amines is 1. The van der Waals surface area contributed by atoms with Crippen LogP contribution < -0.4 is 5.32 Å². The second kappa shape index (κ2) is 7.46. The maximum Gasteiger partial charge on any atom is 0.0535 e. The summed E-state index contributed by atoms with van der Waals surface area (Å²) in [7, 11) is 0. The molecule has 0 radical (unpaired) electrons. The zero-order valence-electron chi connectivity index (χ0n) is 9.97. The van der Waals surface area contributed by atoms with Crippen LogP contribution in [0.5, 0.6) is 0 Å². The maximum absolute atomic E-state index is 4.00. The van der Waals surface area contributed by atoms with E-state index in [0.29, 0.717) is 0 Å². The number of nitrogens with zero attached hydrogens (tertiary/aromatic N) is 1. The zero-order chi connectivity index (χ0) is 10.9. The summed E-state index contributed by atoms with van der Waals surface area (Å²) in [6, 6.07) is 0. The molecule has 2 N–H and O–H groups in total. The lowest BCUT2D eigenvalue weighted by Crippen LogP contribution is -2.14. The quantitative estimate of drug-likeness (QED) is 0.646. The first-order valence-corrected chi connectivity index (χ1v) is 6.04. The van der Waals surface area contributed by atoms with Gasteiger partial charge in [-0.05, 0) is 19.9 Å². The van der Waals surface area contributed by atoms with Gasteiger partial charge in [-0.3, -0.25) is 5.10 Å². The highest BCUT2D eigenvalue weighted by atomic mass is 15.1. The second-order valence-corrected chi connectivity index (χ2v) is 4.11. The van der Waals surface area contributed by atoms with Gasteiger partial charge in [0.05, 0.1) is 6.20 Å². The van der Waals surface area contributed by atoms with Crippen molar-refractivity contribution in [2.45, 2.75) is 52.5 Å². The summed E-state index contributed by atoms with van der Waals surface area (Å²) in [4.78, 5) is 0.